The summed E-state index contributed by atoms with van der Waals surface area (Å²) in [7, 11) is -4.32. The molecular formula is C28H27NO8S. The monoisotopic (exact) mass is 537 g/mol. The molecule has 0 saturated carbocycles. The number of hydrogen-bond acceptors (Lipinski definition) is 8. The van der Waals surface area contributed by atoms with Gasteiger partial charge in [0.15, 0.2) is 5.76 Å². The van der Waals surface area contributed by atoms with Gasteiger partial charge in [-0.25, -0.2) is 4.79 Å². The number of unbranched alkanes of at least 4 members (excludes halogenated alkanes) is 1. The van der Waals surface area contributed by atoms with Gasteiger partial charge in [0.05, 0.1) is 31.2 Å². The second-order valence-corrected chi connectivity index (χ2v) is 9.90. The summed E-state index contributed by atoms with van der Waals surface area (Å²) in [6.45, 7) is 2.58. The van der Waals surface area contributed by atoms with E-state index in [1.807, 2.05) is 6.92 Å². The van der Waals surface area contributed by atoms with Crippen molar-refractivity contribution in [3.05, 3.63) is 108 Å². The van der Waals surface area contributed by atoms with Crippen molar-refractivity contribution in [2.24, 2.45) is 0 Å². The number of benzene rings is 2. The number of amides is 1. The largest absolute Gasteiger partial charge is 0.467 e. The minimum atomic E-state index is -4.32. The predicted octanol–water partition coefficient (Wildman–Crippen LogP) is 5.44. The maximum absolute atomic E-state index is 13.0. The summed E-state index contributed by atoms with van der Waals surface area (Å²) in [5.74, 6) is -0.207. The quantitative estimate of drug-likeness (QED) is 0.133. The minimum Gasteiger partial charge on any atom is -0.467 e. The van der Waals surface area contributed by atoms with Crippen molar-refractivity contribution >= 4 is 22.0 Å². The van der Waals surface area contributed by atoms with Crippen LogP contribution < -0.4 is 4.18 Å². The molecule has 0 N–H and O–H groups in total. The van der Waals surface area contributed by atoms with Gasteiger partial charge in [-0.3, -0.25) is 4.79 Å². The fraction of sp³-hybridized carbons (Fsp3) is 0.214. The molecule has 9 nitrogen and oxygen atoms in total. The van der Waals surface area contributed by atoms with E-state index in [0.29, 0.717) is 12.2 Å². The van der Waals surface area contributed by atoms with E-state index >= 15 is 0 Å². The van der Waals surface area contributed by atoms with Crippen LogP contribution in [0.25, 0.3) is 0 Å². The van der Waals surface area contributed by atoms with Gasteiger partial charge >= 0.3 is 16.1 Å². The third kappa shape index (κ3) is 6.71. The standard InChI is InChI=1S/C28H27NO8S/c1-2-3-16-36-28(31)24-9-4-5-11-26(24)38(32,33)37-22-14-12-21(13-15-22)19-29(20-23-8-6-17-34-23)27(30)25-10-7-18-35-25/h4-15,17-18H,2-3,16,19-20H2,1H3. The number of carbonyl (C=O) groups is 2. The first-order valence-corrected chi connectivity index (χ1v) is 13.4. The van der Waals surface area contributed by atoms with Crippen LogP contribution in [-0.4, -0.2) is 31.8 Å². The molecule has 0 bridgehead atoms. The number of carbonyl (C=O) groups excluding carboxylic acids is 2. The third-order valence-electron chi connectivity index (χ3n) is 5.56. The molecule has 2 heterocycles. The van der Waals surface area contributed by atoms with Gasteiger partial charge in [-0.2, -0.15) is 8.42 Å². The predicted molar refractivity (Wildman–Crippen MR) is 137 cm³/mol. The van der Waals surface area contributed by atoms with Gasteiger partial charge in [0.2, 0.25) is 0 Å². The molecule has 0 atom stereocenters. The van der Waals surface area contributed by atoms with E-state index in [1.165, 1.54) is 42.9 Å². The molecule has 0 saturated heterocycles. The third-order valence-corrected chi connectivity index (χ3v) is 6.86. The van der Waals surface area contributed by atoms with E-state index in [9.17, 15) is 18.0 Å². The molecule has 38 heavy (non-hydrogen) atoms. The zero-order chi connectivity index (χ0) is 27.0. The van der Waals surface area contributed by atoms with Crippen LogP contribution in [0.3, 0.4) is 0 Å². The molecule has 0 radical (unpaired) electrons. The molecule has 0 spiro atoms. The van der Waals surface area contributed by atoms with Crippen molar-refractivity contribution in [3.8, 4) is 5.75 Å². The van der Waals surface area contributed by atoms with Crippen molar-refractivity contribution in [1.82, 2.24) is 4.90 Å². The normalized spacial score (nSPS) is 11.2. The molecule has 0 unspecified atom stereocenters. The number of rotatable bonds is 12. The first-order chi connectivity index (χ1) is 18.4. The Morgan fingerprint density at radius 3 is 2.29 bits per heavy atom. The van der Waals surface area contributed by atoms with Crippen LogP contribution in [0.5, 0.6) is 5.75 Å². The van der Waals surface area contributed by atoms with Crippen molar-refractivity contribution < 1.29 is 35.8 Å². The molecule has 0 fully saturated rings. The summed E-state index contributed by atoms with van der Waals surface area (Å²) in [6.07, 6.45) is 4.47. The molecule has 1 amide bonds. The molecule has 4 rings (SSSR count). The van der Waals surface area contributed by atoms with Gasteiger partial charge < -0.3 is 22.7 Å². The van der Waals surface area contributed by atoms with E-state index in [0.717, 1.165) is 12.0 Å². The minimum absolute atomic E-state index is 0.0536. The van der Waals surface area contributed by atoms with Crippen LogP contribution in [0.1, 0.15) is 52.0 Å². The lowest BCUT2D eigenvalue weighted by molar-refractivity contribution is 0.0494. The lowest BCUT2D eigenvalue weighted by atomic mass is 10.2. The maximum Gasteiger partial charge on any atom is 0.340 e. The molecule has 0 aliphatic carbocycles. The molecular weight excluding hydrogens is 510 g/mol. The molecule has 4 aromatic rings. The Labute approximate surface area is 220 Å². The Morgan fingerprint density at radius 2 is 1.61 bits per heavy atom. The van der Waals surface area contributed by atoms with Gasteiger partial charge in [0, 0.05) is 6.54 Å². The lowest BCUT2D eigenvalue weighted by Crippen LogP contribution is -2.29. The summed E-state index contributed by atoms with van der Waals surface area (Å²) in [5.41, 5.74) is 0.631. The Morgan fingerprint density at radius 1 is 0.868 bits per heavy atom. The number of esters is 1. The van der Waals surface area contributed by atoms with Gasteiger partial charge in [-0.15, -0.1) is 0 Å². The topological polar surface area (TPSA) is 116 Å². The number of ether oxygens (including phenoxy) is 1. The van der Waals surface area contributed by atoms with E-state index in [2.05, 4.69) is 0 Å². The summed E-state index contributed by atoms with van der Waals surface area (Å²) in [5, 5.41) is 0. The molecule has 10 heteroatoms. The highest BCUT2D eigenvalue weighted by Crippen LogP contribution is 2.24. The summed E-state index contributed by atoms with van der Waals surface area (Å²) >= 11 is 0. The van der Waals surface area contributed by atoms with Crippen LogP contribution >= 0.6 is 0 Å². The lowest BCUT2D eigenvalue weighted by Gasteiger charge is -2.21. The van der Waals surface area contributed by atoms with Crippen molar-refractivity contribution in [1.29, 1.82) is 0 Å². The average Bonchev–Trinajstić information content (AvgIpc) is 3.64. The highest BCUT2D eigenvalue weighted by molar-refractivity contribution is 7.87. The first-order valence-electron chi connectivity index (χ1n) is 12.0. The second kappa shape index (κ2) is 12.3. The number of furan rings is 2. The smallest absolute Gasteiger partial charge is 0.340 e. The van der Waals surface area contributed by atoms with Gasteiger partial charge in [-0.1, -0.05) is 37.6 Å². The van der Waals surface area contributed by atoms with Gasteiger partial charge in [0.25, 0.3) is 5.91 Å². The van der Waals surface area contributed by atoms with E-state index in [-0.39, 0.29) is 47.6 Å². The summed E-state index contributed by atoms with van der Waals surface area (Å²) in [6, 6.07) is 18.7. The van der Waals surface area contributed by atoms with Crippen molar-refractivity contribution in [3.63, 3.8) is 0 Å². The Kier molecular flexibility index (Phi) is 8.65. The fourth-order valence-electron chi connectivity index (χ4n) is 3.63. The van der Waals surface area contributed by atoms with Gasteiger partial charge in [0.1, 0.15) is 16.4 Å². The molecule has 0 aliphatic rings. The Bertz CT molecular complexity index is 1440. The Hall–Kier alpha value is -4.31. The summed E-state index contributed by atoms with van der Waals surface area (Å²) < 4.78 is 47.2. The van der Waals surface area contributed by atoms with E-state index in [1.54, 1.807) is 47.4 Å². The van der Waals surface area contributed by atoms with Gasteiger partial charge in [-0.05, 0) is 60.5 Å². The van der Waals surface area contributed by atoms with Crippen LogP contribution in [0.2, 0.25) is 0 Å². The maximum atomic E-state index is 13.0. The van der Waals surface area contributed by atoms with Crippen LogP contribution in [0, 0.1) is 0 Å². The Balaban J connectivity index is 1.48. The van der Waals surface area contributed by atoms with Crippen molar-refractivity contribution in [2.45, 2.75) is 37.8 Å². The van der Waals surface area contributed by atoms with E-state index < -0.39 is 16.1 Å². The molecule has 198 valence electrons. The molecule has 2 aromatic carbocycles. The van der Waals surface area contributed by atoms with Crippen molar-refractivity contribution in [2.75, 3.05) is 6.61 Å². The molecule has 0 aliphatic heterocycles. The van der Waals surface area contributed by atoms with Crippen LogP contribution in [-0.2, 0) is 27.9 Å². The number of nitrogens with zero attached hydrogens (tertiary/aromatic N) is 1. The average molecular weight is 538 g/mol. The zero-order valence-corrected chi connectivity index (χ0v) is 21.6. The number of hydrogen-bond donors (Lipinski definition) is 0. The van der Waals surface area contributed by atoms with Crippen LogP contribution in [0.4, 0.5) is 0 Å². The van der Waals surface area contributed by atoms with Crippen LogP contribution in [0.15, 0.2) is 99.1 Å². The fourth-order valence-corrected chi connectivity index (χ4v) is 4.75. The SMILES string of the molecule is CCCCOC(=O)c1ccccc1S(=O)(=O)Oc1ccc(CN(Cc2ccco2)C(=O)c2ccco2)cc1. The zero-order valence-electron chi connectivity index (χ0n) is 20.7. The highest BCUT2D eigenvalue weighted by Gasteiger charge is 2.25. The summed E-state index contributed by atoms with van der Waals surface area (Å²) in [4.78, 5) is 26.7. The first kappa shape index (κ1) is 26.7. The second-order valence-electron chi connectivity index (χ2n) is 8.38. The highest BCUT2D eigenvalue weighted by atomic mass is 32.2. The molecule has 2 aromatic heterocycles. The van der Waals surface area contributed by atoms with E-state index in [4.69, 9.17) is 17.8 Å².